The summed E-state index contributed by atoms with van der Waals surface area (Å²) in [4.78, 5) is 22.6. The summed E-state index contributed by atoms with van der Waals surface area (Å²) >= 11 is 0. The van der Waals surface area contributed by atoms with Gasteiger partial charge in [-0.15, -0.1) is 0 Å². The van der Waals surface area contributed by atoms with E-state index in [-0.39, 0.29) is 11.4 Å². The monoisotopic (exact) mass is 349 g/mol. The molecule has 0 unspecified atom stereocenters. The number of aromatic amines is 1. The minimum atomic E-state index is -0.481. The van der Waals surface area contributed by atoms with Crippen LogP contribution in [0.15, 0.2) is 65.8 Å². The van der Waals surface area contributed by atoms with Crippen LogP contribution in [0, 0.1) is 10.1 Å². The minimum absolute atomic E-state index is 0.0375. The van der Waals surface area contributed by atoms with Gasteiger partial charge in [0.1, 0.15) is 5.69 Å². The fourth-order valence-corrected chi connectivity index (χ4v) is 2.30. The maximum Gasteiger partial charge on any atom is 0.289 e. The molecule has 1 amide bonds. The largest absolute Gasteiger partial charge is 0.289 e. The van der Waals surface area contributed by atoms with Gasteiger partial charge in [0.15, 0.2) is 0 Å². The van der Waals surface area contributed by atoms with E-state index >= 15 is 0 Å². The van der Waals surface area contributed by atoms with Gasteiger partial charge in [0.2, 0.25) is 0 Å². The number of nitrogens with zero attached hydrogens (tertiary/aromatic N) is 3. The number of amides is 1. The van der Waals surface area contributed by atoms with E-state index in [4.69, 9.17) is 0 Å². The zero-order chi connectivity index (χ0) is 18.5. The maximum absolute atomic E-state index is 12.2. The summed E-state index contributed by atoms with van der Waals surface area (Å²) in [6, 6.07) is 17.1. The molecule has 2 N–H and O–H groups in total. The van der Waals surface area contributed by atoms with Crippen LogP contribution in [0.25, 0.3) is 11.3 Å². The van der Waals surface area contributed by atoms with Crippen molar-refractivity contribution >= 4 is 17.3 Å². The first-order valence-corrected chi connectivity index (χ1v) is 7.75. The summed E-state index contributed by atoms with van der Waals surface area (Å²) in [6.07, 6.45) is 0. The van der Waals surface area contributed by atoms with Crippen molar-refractivity contribution in [1.29, 1.82) is 0 Å². The second kappa shape index (κ2) is 7.39. The molecular formula is C18H15N5O3. The van der Waals surface area contributed by atoms with E-state index in [9.17, 15) is 14.9 Å². The smallest absolute Gasteiger partial charge is 0.272 e. The molecule has 3 rings (SSSR count). The van der Waals surface area contributed by atoms with Gasteiger partial charge >= 0.3 is 0 Å². The summed E-state index contributed by atoms with van der Waals surface area (Å²) in [7, 11) is 0. The van der Waals surface area contributed by atoms with E-state index in [1.54, 1.807) is 25.1 Å². The number of rotatable bonds is 5. The van der Waals surface area contributed by atoms with Crippen molar-refractivity contribution in [3.05, 3.63) is 82.0 Å². The molecule has 3 aromatic rings. The van der Waals surface area contributed by atoms with Gasteiger partial charge in [-0.1, -0.05) is 42.5 Å². The first-order chi connectivity index (χ1) is 12.5. The van der Waals surface area contributed by atoms with E-state index in [2.05, 4.69) is 20.7 Å². The van der Waals surface area contributed by atoms with Crippen LogP contribution in [-0.4, -0.2) is 26.7 Å². The maximum atomic E-state index is 12.2. The fraction of sp³-hybridized carbons (Fsp3) is 0.0556. The normalized spacial score (nSPS) is 11.2. The van der Waals surface area contributed by atoms with Crippen LogP contribution in [0.1, 0.15) is 23.0 Å². The number of nitro groups is 1. The van der Waals surface area contributed by atoms with Crippen LogP contribution in [0.5, 0.6) is 0 Å². The first-order valence-electron chi connectivity index (χ1n) is 7.75. The third kappa shape index (κ3) is 3.81. The molecule has 8 heteroatoms. The van der Waals surface area contributed by atoms with Crippen LogP contribution in [-0.2, 0) is 0 Å². The molecular weight excluding hydrogens is 334 g/mol. The van der Waals surface area contributed by atoms with Crippen molar-refractivity contribution < 1.29 is 9.72 Å². The highest BCUT2D eigenvalue weighted by molar-refractivity contribution is 6.01. The van der Waals surface area contributed by atoms with Crippen LogP contribution in [0.3, 0.4) is 0 Å². The Kier molecular flexibility index (Phi) is 4.84. The zero-order valence-electron chi connectivity index (χ0n) is 13.8. The highest BCUT2D eigenvalue weighted by atomic mass is 16.6. The first kappa shape index (κ1) is 17.0. The topological polar surface area (TPSA) is 113 Å². The lowest BCUT2D eigenvalue weighted by Crippen LogP contribution is -2.19. The SMILES string of the molecule is CC(=NNC(=O)c1cc(-c2ccccc2)n[nH]1)c1cccc([N+](=O)[O-])c1. The van der Waals surface area contributed by atoms with Crippen LogP contribution in [0.4, 0.5) is 5.69 Å². The number of non-ortho nitro benzene ring substituents is 1. The van der Waals surface area contributed by atoms with Crippen molar-refractivity contribution in [3.8, 4) is 11.3 Å². The summed E-state index contributed by atoms with van der Waals surface area (Å²) < 4.78 is 0. The number of hydrazone groups is 1. The Bertz CT molecular complexity index is 979. The molecule has 2 aromatic carbocycles. The van der Waals surface area contributed by atoms with E-state index in [0.29, 0.717) is 17.0 Å². The van der Waals surface area contributed by atoms with E-state index in [1.807, 2.05) is 30.3 Å². The van der Waals surface area contributed by atoms with Gasteiger partial charge in [-0.05, 0) is 13.0 Å². The molecule has 0 saturated carbocycles. The Morgan fingerprint density at radius 2 is 1.92 bits per heavy atom. The van der Waals surface area contributed by atoms with Crippen molar-refractivity contribution in [2.24, 2.45) is 5.10 Å². The predicted octanol–water partition coefficient (Wildman–Crippen LogP) is 3.14. The van der Waals surface area contributed by atoms with Gasteiger partial charge in [-0.3, -0.25) is 20.0 Å². The third-order valence-corrected chi connectivity index (χ3v) is 3.69. The Labute approximate surface area is 148 Å². The molecule has 0 bridgehead atoms. The Balaban J connectivity index is 1.72. The van der Waals surface area contributed by atoms with Crippen LogP contribution < -0.4 is 5.43 Å². The molecule has 26 heavy (non-hydrogen) atoms. The number of nitro benzene ring substituents is 1. The van der Waals surface area contributed by atoms with Gasteiger partial charge in [0.05, 0.1) is 16.3 Å². The standard InChI is InChI=1S/C18H15N5O3/c1-12(14-8-5-9-15(10-14)23(25)26)19-22-18(24)17-11-16(20-21-17)13-6-3-2-4-7-13/h2-11H,1H3,(H,20,21)(H,22,24). The third-order valence-electron chi connectivity index (χ3n) is 3.69. The quantitative estimate of drug-likeness (QED) is 0.418. The molecule has 0 radical (unpaired) electrons. The number of hydrogen-bond donors (Lipinski definition) is 2. The van der Waals surface area contributed by atoms with Gasteiger partial charge in [0.25, 0.3) is 11.6 Å². The highest BCUT2D eigenvalue weighted by Gasteiger charge is 2.11. The predicted molar refractivity (Wildman–Crippen MR) is 96.8 cm³/mol. The molecule has 0 atom stereocenters. The Hall–Kier alpha value is -3.81. The number of H-pyrrole nitrogens is 1. The molecule has 8 nitrogen and oxygen atoms in total. The van der Waals surface area contributed by atoms with Crippen molar-refractivity contribution in [2.75, 3.05) is 0 Å². The Morgan fingerprint density at radius 3 is 2.65 bits per heavy atom. The van der Waals surface area contributed by atoms with E-state index in [0.717, 1.165) is 5.56 Å². The van der Waals surface area contributed by atoms with Crippen molar-refractivity contribution in [3.63, 3.8) is 0 Å². The summed E-state index contributed by atoms with van der Waals surface area (Å²) in [5, 5.41) is 21.6. The molecule has 0 saturated heterocycles. The van der Waals surface area contributed by atoms with Gasteiger partial charge in [-0.25, -0.2) is 5.43 Å². The van der Waals surface area contributed by atoms with Gasteiger partial charge < -0.3 is 0 Å². The number of nitrogens with one attached hydrogen (secondary N) is 2. The molecule has 0 aliphatic heterocycles. The summed E-state index contributed by atoms with van der Waals surface area (Å²) in [6.45, 7) is 1.65. The Morgan fingerprint density at radius 1 is 1.15 bits per heavy atom. The van der Waals surface area contributed by atoms with Crippen molar-refractivity contribution in [1.82, 2.24) is 15.6 Å². The number of hydrogen-bond acceptors (Lipinski definition) is 5. The second-order valence-corrected chi connectivity index (χ2v) is 5.48. The van der Waals surface area contributed by atoms with E-state index < -0.39 is 10.8 Å². The number of aromatic nitrogens is 2. The van der Waals surface area contributed by atoms with Crippen molar-refractivity contribution in [2.45, 2.75) is 6.92 Å². The van der Waals surface area contributed by atoms with Crippen LogP contribution >= 0.6 is 0 Å². The second-order valence-electron chi connectivity index (χ2n) is 5.48. The summed E-state index contributed by atoms with van der Waals surface area (Å²) in [5.41, 5.74) is 5.18. The molecule has 0 fully saturated rings. The molecule has 0 spiro atoms. The molecule has 1 heterocycles. The summed E-state index contributed by atoms with van der Waals surface area (Å²) in [5.74, 6) is -0.454. The molecule has 0 aliphatic rings. The molecule has 1 aromatic heterocycles. The van der Waals surface area contributed by atoms with Crippen LogP contribution in [0.2, 0.25) is 0 Å². The average Bonchev–Trinajstić information content (AvgIpc) is 3.17. The number of carbonyl (C=O) groups is 1. The lowest BCUT2D eigenvalue weighted by molar-refractivity contribution is -0.384. The fourth-order valence-electron chi connectivity index (χ4n) is 2.30. The number of carbonyl (C=O) groups excluding carboxylic acids is 1. The number of benzene rings is 2. The molecule has 0 aliphatic carbocycles. The van der Waals surface area contributed by atoms with Gasteiger partial charge in [-0.2, -0.15) is 10.2 Å². The minimum Gasteiger partial charge on any atom is -0.272 e. The average molecular weight is 349 g/mol. The van der Waals surface area contributed by atoms with E-state index in [1.165, 1.54) is 12.1 Å². The molecule has 130 valence electrons. The zero-order valence-corrected chi connectivity index (χ0v) is 13.8. The lowest BCUT2D eigenvalue weighted by Gasteiger charge is -2.02. The lowest BCUT2D eigenvalue weighted by atomic mass is 10.1. The highest BCUT2D eigenvalue weighted by Crippen LogP contribution is 2.17. The van der Waals surface area contributed by atoms with Gasteiger partial charge in [0, 0.05) is 23.3 Å².